The maximum Gasteiger partial charge on any atom is 0.322 e. The van der Waals surface area contributed by atoms with E-state index >= 15 is 0 Å². The zero-order chi connectivity index (χ0) is 10.9. The van der Waals surface area contributed by atoms with E-state index in [0.29, 0.717) is 5.56 Å². The summed E-state index contributed by atoms with van der Waals surface area (Å²) in [4.78, 5) is 22.9. The first-order chi connectivity index (χ1) is 7.17. The first-order valence-electron chi connectivity index (χ1n) is 4.58. The molecule has 15 heavy (non-hydrogen) atoms. The van der Waals surface area contributed by atoms with Crippen molar-refractivity contribution in [1.82, 2.24) is 0 Å². The summed E-state index contributed by atoms with van der Waals surface area (Å²) in [5.74, 6) is -1.48. The van der Waals surface area contributed by atoms with E-state index in [1.165, 1.54) is 0 Å². The average Bonchev–Trinajstić information content (AvgIpc) is 2.16. The van der Waals surface area contributed by atoms with E-state index in [2.05, 4.69) is 0 Å². The van der Waals surface area contributed by atoms with Gasteiger partial charge in [0, 0.05) is 5.56 Å². The molecule has 1 fully saturated rings. The van der Waals surface area contributed by atoms with Gasteiger partial charge in [-0.1, -0.05) is 30.3 Å². The minimum atomic E-state index is -1.36. The van der Waals surface area contributed by atoms with Gasteiger partial charge in [-0.3, -0.25) is 9.59 Å². The smallest absolute Gasteiger partial charge is 0.322 e. The van der Waals surface area contributed by atoms with Crippen molar-refractivity contribution in [1.29, 1.82) is 0 Å². The largest absolute Gasteiger partial charge is 0.480 e. The van der Waals surface area contributed by atoms with Gasteiger partial charge in [-0.2, -0.15) is 0 Å². The predicted molar refractivity (Wildman–Crippen MR) is 51.7 cm³/mol. The van der Waals surface area contributed by atoms with Crippen molar-refractivity contribution in [2.75, 3.05) is 13.2 Å². The van der Waals surface area contributed by atoms with Gasteiger partial charge >= 0.3 is 5.97 Å². The molecule has 0 radical (unpaired) electrons. The Morgan fingerprint density at radius 1 is 1.20 bits per heavy atom. The highest BCUT2D eigenvalue weighted by atomic mass is 16.5. The molecule has 0 spiro atoms. The third kappa shape index (κ3) is 1.43. The Labute approximate surface area is 86.5 Å². The number of benzene rings is 1. The van der Waals surface area contributed by atoms with E-state index in [-0.39, 0.29) is 19.0 Å². The van der Waals surface area contributed by atoms with Crippen molar-refractivity contribution in [2.24, 2.45) is 5.41 Å². The topological polar surface area (TPSA) is 63.6 Å². The van der Waals surface area contributed by atoms with Crippen LogP contribution < -0.4 is 0 Å². The zero-order valence-corrected chi connectivity index (χ0v) is 7.97. The second-order valence-corrected chi connectivity index (χ2v) is 3.58. The molecule has 0 amide bonds. The first kappa shape index (κ1) is 9.86. The fourth-order valence-electron chi connectivity index (χ4n) is 1.52. The summed E-state index contributed by atoms with van der Waals surface area (Å²) in [6.45, 7) is -0.0634. The molecule has 1 aliphatic rings. The number of aliphatic carboxylic acids is 1. The molecule has 1 heterocycles. The van der Waals surface area contributed by atoms with Crippen LogP contribution in [0.25, 0.3) is 0 Å². The number of carboxylic acids is 1. The van der Waals surface area contributed by atoms with Gasteiger partial charge in [0.25, 0.3) is 0 Å². The van der Waals surface area contributed by atoms with Crippen LogP contribution in [-0.2, 0) is 9.53 Å². The molecule has 1 N–H and O–H groups in total. The van der Waals surface area contributed by atoms with Crippen LogP contribution in [-0.4, -0.2) is 30.1 Å². The number of ether oxygens (including phenoxy) is 1. The van der Waals surface area contributed by atoms with E-state index in [9.17, 15) is 9.59 Å². The van der Waals surface area contributed by atoms with Crippen LogP contribution in [0.3, 0.4) is 0 Å². The molecule has 0 aromatic heterocycles. The van der Waals surface area contributed by atoms with Crippen LogP contribution in [0.5, 0.6) is 0 Å². The number of ketones is 1. The van der Waals surface area contributed by atoms with Crippen LogP contribution in [0.1, 0.15) is 10.4 Å². The van der Waals surface area contributed by atoms with Gasteiger partial charge in [0.2, 0.25) is 0 Å². The summed E-state index contributed by atoms with van der Waals surface area (Å²) in [6, 6.07) is 8.43. The monoisotopic (exact) mass is 206 g/mol. The van der Waals surface area contributed by atoms with Crippen LogP contribution in [0, 0.1) is 5.41 Å². The molecule has 78 valence electrons. The normalized spacial score (nSPS) is 17.9. The van der Waals surface area contributed by atoms with E-state index < -0.39 is 11.4 Å². The lowest BCUT2D eigenvalue weighted by molar-refractivity contribution is -0.168. The van der Waals surface area contributed by atoms with Crippen molar-refractivity contribution >= 4 is 11.8 Å². The molecule has 1 aromatic rings. The van der Waals surface area contributed by atoms with Crippen LogP contribution in [0.15, 0.2) is 30.3 Å². The van der Waals surface area contributed by atoms with E-state index in [4.69, 9.17) is 9.84 Å². The Balaban J connectivity index is 2.32. The molecular weight excluding hydrogens is 196 g/mol. The maximum absolute atomic E-state index is 11.9. The molecule has 0 atom stereocenters. The molecule has 4 heteroatoms. The van der Waals surface area contributed by atoms with E-state index in [0.717, 1.165) is 0 Å². The third-order valence-corrected chi connectivity index (χ3v) is 2.58. The van der Waals surface area contributed by atoms with Crippen molar-refractivity contribution < 1.29 is 19.4 Å². The molecule has 0 bridgehead atoms. The van der Waals surface area contributed by atoms with E-state index in [1.807, 2.05) is 0 Å². The molecule has 0 unspecified atom stereocenters. The number of carbonyl (C=O) groups is 2. The summed E-state index contributed by atoms with van der Waals surface area (Å²) in [7, 11) is 0. The third-order valence-electron chi connectivity index (χ3n) is 2.58. The molecule has 1 aromatic carbocycles. The van der Waals surface area contributed by atoms with Gasteiger partial charge in [0.05, 0.1) is 13.2 Å². The highest BCUT2D eigenvalue weighted by Crippen LogP contribution is 2.31. The number of carboxylic acid groups (broad SMARTS) is 1. The average molecular weight is 206 g/mol. The Morgan fingerprint density at radius 2 is 1.80 bits per heavy atom. The van der Waals surface area contributed by atoms with Crippen molar-refractivity contribution in [3.05, 3.63) is 35.9 Å². The SMILES string of the molecule is O=C(O)C1(C(=O)c2ccccc2)COC1. The first-order valence-corrected chi connectivity index (χ1v) is 4.58. The Hall–Kier alpha value is -1.68. The standard InChI is InChI=1S/C11H10O4/c12-9(8-4-2-1-3-5-8)11(10(13)14)6-15-7-11/h1-5H,6-7H2,(H,13,14). The van der Waals surface area contributed by atoms with Gasteiger partial charge in [0.1, 0.15) is 0 Å². The lowest BCUT2D eigenvalue weighted by Crippen LogP contribution is -2.54. The fraction of sp³-hybridized carbons (Fsp3) is 0.273. The number of Topliss-reactive ketones (excluding diaryl/α,β-unsaturated/α-hetero) is 1. The van der Waals surface area contributed by atoms with Gasteiger partial charge in [-0.25, -0.2) is 0 Å². The molecule has 0 saturated carbocycles. The highest BCUT2D eigenvalue weighted by molar-refractivity contribution is 6.13. The summed E-state index contributed by atoms with van der Waals surface area (Å²) in [5.41, 5.74) is -0.940. The van der Waals surface area contributed by atoms with Crippen molar-refractivity contribution in [3.8, 4) is 0 Å². The lowest BCUT2D eigenvalue weighted by Gasteiger charge is -2.35. The minimum Gasteiger partial charge on any atom is -0.480 e. The number of carbonyl (C=O) groups excluding carboxylic acids is 1. The lowest BCUT2D eigenvalue weighted by atomic mass is 9.78. The number of hydrogen-bond donors (Lipinski definition) is 1. The van der Waals surface area contributed by atoms with Crippen LogP contribution in [0.2, 0.25) is 0 Å². The summed E-state index contributed by atoms with van der Waals surface area (Å²) in [5, 5.41) is 9.01. The van der Waals surface area contributed by atoms with E-state index in [1.54, 1.807) is 30.3 Å². The predicted octanol–water partition coefficient (Wildman–Crippen LogP) is 0.971. The van der Waals surface area contributed by atoms with Gasteiger partial charge < -0.3 is 9.84 Å². The summed E-state index contributed by atoms with van der Waals surface area (Å²) >= 11 is 0. The minimum absolute atomic E-state index is 0.0317. The van der Waals surface area contributed by atoms with Crippen molar-refractivity contribution in [3.63, 3.8) is 0 Å². The van der Waals surface area contributed by atoms with Gasteiger partial charge in [-0.05, 0) is 0 Å². The van der Waals surface area contributed by atoms with Gasteiger partial charge in [0.15, 0.2) is 11.2 Å². The number of rotatable bonds is 3. The number of hydrogen-bond acceptors (Lipinski definition) is 3. The Morgan fingerprint density at radius 3 is 2.20 bits per heavy atom. The molecular formula is C11H10O4. The molecule has 2 rings (SSSR count). The fourth-order valence-corrected chi connectivity index (χ4v) is 1.52. The second kappa shape index (κ2) is 3.47. The van der Waals surface area contributed by atoms with Crippen molar-refractivity contribution in [2.45, 2.75) is 0 Å². The van der Waals surface area contributed by atoms with Crippen LogP contribution >= 0.6 is 0 Å². The zero-order valence-electron chi connectivity index (χ0n) is 7.97. The molecule has 4 nitrogen and oxygen atoms in total. The second-order valence-electron chi connectivity index (χ2n) is 3.58. The summed E-state index contributed by atoms with van der Waals surface area (Å²) in [6.07, 6.45) is 0. The highest BCUT2D eigenvalue weighted by Gasteiger charge is 2.53. The maximum atomic E-state index is 11.9. The quantitative estimate of drug-likeness (QED) is 0.591. The molecule has 1 saturated heterocycles. The molecule has 0 aliphatic carbocycles. The summed E-state index contributed by atoms with van der Waals surface area (Å²) < 4.78 is 4.84. The molecule has 1 aliphatic heterocycles. The van der Waals surface area contributed by atoms with Gasteiger partial charge in [-0.15, -0.1) is 0 Å². The Bertz CT molecular complexity index is 392. The Kier molecular flexibility index (Phi) is 2.28. The van der Waals surface area contributed by atoms with Crippen LogP contribution in [0.4, 0.5) is 0 Å².